The molecule has 1 fully saturated rings. The van der Waals surface area contributed by atoms with E-state index in [9.17, 15) is 14.0 Å². The molecule has 2 rings (SSSR count). The van der Waals surface area contributed by atoms with Crippen molar-refractivity contribution in [2.45, 2.75) is 31.7 Å². The maximum Gasteiger partial charge on any atom is 0.326 e. The van der Waals surface area contributed by atoms with Gasteiger partial charge in [-0.1, -0.05) is 12.1 Å². The van der Waals surface area contributed by atoms with Crippen molar-refractivity contribution < 1.29 is 19.1 Å². The van der Waals surface area contributed by atoms with Gasteiger partial charge in [0, 0.05) is 13.0 Å². The van der Waals surface area contributed by atoms with E-state index in [1.165, 1.54) is 17.0 Å². The Kier molecular flexibility index (Phi) is 4.14. The summed E-state index contributed by atoms with van der Waals surface area (Å²) in [6.45, 7) is 0.513. The number of carboxylic acid groups (broad SMARTS) is 1. The predicted octanol–water partition coefficient (Wildman–Crippen LogP) is 1.83. The van der Waals surface area contributed by atoms with Gasteiger partial charge in [-0.25, -0.2) is 9.18 Å². The molecule has 1 aromatic rings. The highest BCUT2D eigenvalue weighted by molar-refractivity contribution is 5.84. The van der Waals surface area contributed by atoms with Gasteiger partial charge in [-0.2, -0.15) is 0 Å². The Morgan fingerprint density at radius 2 is 2.00 bits per heavy atom. The van der Waals surface area contributed by atoms with Crippen molar-refractivity contribution in [3.8, 4) is 0 Å². The zero-order chi connectivity index (χ0) is 13.8. The number of carboxylic acids is 1. The number of aryl methyl sites for hydroxylation is 1. The van der Waals surface area contributed by atoms with Gasteiger partial charge >= 0.3 is 5.97 Å². The number of hydrogen-bond acceptors (Lipinski definition) is 2. The fourth-order valence-corrected chi connectivity index (χ4v) is 2.37. The summed E-state index contributed by atoms with van der Waals surface area (Å²) in [5.74, 6) is -1.39. The molecule has 1 aromatic carbocycles. The smallest absolute Gasteiger partial charge is 0.326 e. The molecule has 0 spiro atoms. The number of halogens is 1. The molecule has 1 atom stereocenters. The molecule has 0 aliphatic carbocycles. The summed E-state index contributed by atoms with van der Waals surface area (Å²) < 4.78 is 12.7. The Bertz CT molecular complexity index is 472. The Labute approximate surface area is 110 Å². The van der Waals surface area contributed by atoms with Crippen LogP contribution >= 0.6 is 0 Å². The third-order valence-electron chi connectivity index (χ3n) is 3.40. The molecule has 1 aliphatic heterocycles. The molecule has 102 valence electrons. The SMILES string of the molecule is O=C(O)C1CCCN1C(=O)CCc1ccc(F)cc1. The van der Waals surface area contributed by atoms with Gasteiger partial charge in [0.25, 0.3) is 0 Å². The lowest BCUT2D eigenvalue weighted by Crippen LogP contribution is -2.40. The highest BCUT2D eigenvalue weighted by Gasteiger charge is 2.33. The van der Waals surface area contributed by atoms with Crippen molar-refractivity contribution in [1.29, 1.82) is 0 Å². The summed E-state index contributed by atoms with van der Waals surface area (Å²) in [5, 5.41) is 9.01. The second kappa shape index (κ2) is 5.82. The summed E-state index contributed by atoms with van der Waals surface area (Å²) in [5.41, 5.74) is 0.876. The average molecular weight is 265 g/mol. The Morgan fingerprint density at radius 1 is 1.32 bits per heavy atom. The van der Waals surface area contributed by atoms with Crippen LogP contribution in [0.5, 0.6) is 0 Å². The van der Waals surface area contributed by atoms with Gasteiger partial charge in [-0.05, 0) is 37.0 Å². The Morgan fingerprint density at radius 3 is 2.63 bits per heavy atom. The molecule has 1 N–H and O–H groups in total. The topological polar surface area (TPSA) is 57.6 Å². The lowest BCUT2D eigenvalue weighted by atomic mass is 10.1. The van der Waals surface area contributed by atoms with Gasteiger partial charge in [0.2, 0.25) is 5.91 Å². The number of rotatable bonds is 4. The summed E-state index contributed by atoms with van der Waals surface area (Å²) in [6, 6.07) is 5.31. The van der Waals surface area contributed by atoms with Crippen molar-refractivity contribution in [3.05, 3.63) is 35.6 Å². The molecule has 5 heteroatoms. The zero-order valence-electron chi connectivity index (χ0n) is 10.5. The van der Waals surface area contributed by atoms with Gasteiger partial charge in [-0.3, -0.25) is 4.79 Å². The van der Waals surface area contributed by atoms with Crippen LogP contribution in [-0.2, 0) is 16.0 Å². The van der Waals surface area contributed by atoms with E-state index in [4.69, 9.17) is 5.11 Å². The maximum atomic E-state index is 12.7. The molecular weight excluding hydrogens is 249 g/mol. The molecule has 1 aliphatic rings. The van der Waals surface area contributed by atoms with Crippen LogP contribution in [-0.4, -0.2) is 34.5 Å². The number of carbonyl (C=O) groups excluding carboxylic acids is 1. The molecular formula is C14H16FNO3. The number of carbonyl (C=O) groups is 2. The molecule has 19 heavy (non-hydrogen) atoms. The molecule has 1 unspecified atom stereocenters. The van der Waals surface area contributed by atoms with Crippen molar-refractivity contribution in [3.63, 3.8) is 0 Å². The number of nitrogens with zero attached hydrogens (tertiary/aromatic N) is 1. The fourth-order valence-electron chi connectivity index (χ4n) is 2.37. The van der Waals surface area contributed by atoms with Crippen molar-refractivity contribution in [2.75, 3.05) is 6.54 Å². The Hall–Kier alpha value is -1.91. The van der Waals surface area contributed by atoms with E-state index in [-0.39, 0.29) is 18.1 Å². The van der Waals surface area contributed by atoms with Gasteiger partial charge in [0.15, 0.2) is 0 Å². The molecule has 0 radical (unpaired) electrons. The van der Waals surface area contributed by atoms with Crippen LogP contribution in [0.2, 0.25) is 0 Å². The first-order valence-electron chi connectivity index (χ1n) is 6.34. The van der Waals surface area contributed by atoms with Crippen LogP contribution in [0.1, 0.15) is 24.8 Å². The van der Waals surface area contributed by atoms with Crippen LogP contribution in [0.15, 0.2) is 24.3 Å². The molecule has 0 saturated carbocycles. The van der Waals surface area contributed by atoms with E-state index in [0.29, 0.717) is 19.4 Å². The first-order chi connectivity index (χ1) is 9.08. The highest BCUT2D eigenvalue weighted by atomic mass is 19.1. The van der Waals surface area contributed by atoms with Gasteiger partial charge in [-0.15, -0.1) is 0 Å². The lowest BCUT2D eigenvalue weighted by molar-refractivity contribution is -0.148. The van der Waals surface area contributed by atoms with Crippen LogP contribution in [0.4, 0.5) is 4.39 Å². The third kappa shape index (κ3) is 3.30. The van der Waals surface area contributed by atoms with E-state index in [1.54, 1.807) is 12.1 Å². The van der Waals surface area contributed by atoms with Crippen LogP contribution in [0, 0.1) is 5.82 Å². The normalized spacial score (nSPS) is 18.6. The highest BCUT2D eigenvalue weighted by Crippen LogP contribution is 2.19. The summed E-state index contributed by atoms with van der Waals surface area (Å²) in [6.07, 6.45) is 2.02. The van der Waals surface area contributed by atoms with Gasteiger partial charge in [0.1, 0.15) is 11.9 Å². The van der Waals surface area contributed by atoms with Crippen LogP contribution in [0.3, 0.4) is 0 Å². The predicted molar refractivity (Wildman–Crippen MR) is 67.1 cm³/mol. The Balaban J connectivity index is 1.90. The first kappa shape index (κ1) is 13.5. The second-order valence-electron chi connectivity index (χ2n) is 4.71. The first-order valence-corrected chi connectivity index (χ1v) is 6.34. The van der Waals surface area contributed by atoms with Crippen molar-refractivity contribution >= 4 is 11.9 Å². The zero-order valence-corrected chi connectivity index (χ0v) is 10.5. The monoisotopic (exact) mass is 265 g/mol. The number of likely N-dealkylation sites (tertiary alicyclic amines) is 1. The number of amides is 1. The number of aliphatic carboxylic acids is 1. The van der Waals surface area contributed by atoms with Crippen LogP contribution in [0.25, 0.3) is 0 Å². The molecule has 1 saturated heterocycles. The largest absolute Gasteiger partial charge is 0.480 e. The van der Waals surface area contributed by atoms with E-state index < -0.39 is 12.0 Å². The van der Waals surface area contributed by atoms with Crippen molar-refractivity contribution in [2.24, 2.45) is 0 Å². The third-order valence-corrected chi connectivity index (χ3v) is 3.40. The van der Waals surface area contributed by atoms with E-state index in [0.717, 1.165) is 12.0 Å². The fraction of sp³-hybridized carbons (Fsp3) is 0.429. The quantitative estimate of drug-likeness (QED) is 0.903. The summed E-state index contributed by atoms with van der Waals surface area (Å²) in [4.78, 5) is 24.4. The summed E-state index contributed by atoms with van der Waals surface area (Å²) >= 11 is 0. The molecule has 1 heterocycles. The van der Waals surface area contributed by atoms with E-state index >= 15 is 0 Å². The van der Waals surface area contributed by atoms with Gasteiger partial charge < -0.3 is 10.0 Å². The average Bonchev–Trinajstić information content (AvgIpc) is 2.87. The van der Waals surface area contributed by atoms with Crippen molar-refractivity contribution in [1.82, 2.24) is 4.90 Å². The number of benzene rings is 1. The molecule has 1 amide bonds. The minimum Gasteiger partial charge on any atom is -0.480 e. The number of hydrogen-bond donors (Lipinski definition) is 1. The standard InChI is InChI=1S/C14H16FNO3/c15-11-6-3-10(4-7-11)5-8-13(17)16-9-1-2-12(16)14(18)19/h3-4,6-7,12H,1-2,5,8-9H2,(H,18,19). The van der Waals surface area contributed by atoms with E-state index in [2.05, 4.69) is 0 Å². The van der Waals surface area contributed by atoms with Crippen LogP contribution < -0.4 is 0 Å². The van der Waals surface area contributed by atoms with E-state index in [1.807, 2.05) is 0 Å². The maximum absolute atomic E-state index is 12.7. The minimum absolute atomic E-state index is 0.144. The molecule has 4 nitrogen and oxygen atoms in total. The lowest BCUT2D eigenvalue weighted by Gasteiger charge is -2.21. The summed E-state index contributed by atoms with van der Waals surface area (Å²) in [7, 11) is 0. The molecule has 0 bridgehead atoms. The van der Waals surface area contributed by atoms with Gasteiger partial charge in [0.05, 0.1) is 0 Å². The second-order valence-corrected chi connectivity index (χ2v) is 4.71. The molecule has 0 aromatic heterocycles. The minimum atomic E-state index is -0.937.